The van der Waals surface area contributed by atoms with Crippen LogP contribution in [0.2, 0.25) is 0 Å². The molecule has 1 N–H and O–H groups in total. The van der Waals surface area contributed by atoms with Gasteiger partial charge < -0.3 is 4.98 Å². The Balaban J connectivity index is 1.77. The Bertz CT molecular complexity index is 1160. The Kier molecular flexibility index (Phi) is 4.74. The van der Waals surface area contributed by atoms with E-state index in [-0.39, 0.29) is 5.56 Å². The summed E-state index contributed by atoms with van der Waals surface area (Å²) < 4.78 is 0. The van der Waals surface area contributed by atoms with Gasteiger partial charge in [0.15, 0.2) is 5.82 Å². The number of rotatable bonds is 3. The van der Waals surface area contributed by atoms with Crippen molar-refractivity contribution in [3.05, 3.63) is 74.2 Å². The summed E-state index contributed by atoms with van der Waals surface area (Å²) in [5, 5.41) is 10.3. The lowest BCUT2D eigenvalue weighted by atomic mass is 9.97. The monoisotopic (exact) mass is 373 g/mol. The van der Waals surface area contributed by atoms with Gasteiger partial charge in [-0.3, -0.25) is 4.79 Å². The molecule has 3 aromatic rings. The number of nitriles is 1. The zero-order chi connectivity index (χ0) is 18.8. The maximum absolute atomic E-state index is 12.7. The van der Waals surface area contributed by atoms with Gasteiger partial charge in [-0.05, 0) is 55.4 Å². The van der Waals surface area contributed by atoms with E-state index in [2.05, 4.69) is 16.0 Å². The Labute approximate surface area is 161 Å². The van der Waals surface area contributed by atoms with Crippen molar-refractivity contribution in [3.8, 4) is 6.07 Å². The van der Waals surface area contributed by atoms with Gasteiger partial charge in [0.25, 0.3) is 5.56 Å². The first kappa shape index (κ1) is 17.4. The molecular weight excluding hydrogens is 354 g/mol. The quantitative estimate of drug-likeness (QED) is 0.526. The van der Waals surface area contributed by atoms with Crippen molar-refractivity contribution in [3.63, 3.8) is 0 Å². The minimum Gasteiger partial charge on any atom is -0.305 e. The molecule has 4 nitrogen and oxygen atoms in total. The third-order valence-corrected chi connectivity index (χ3v) is 5.95. The van der Waals surface area contributed by atoms with E-state index in [0.717, 1.165) is 47.2 Å². The minimum atomic E-state index is -0.139. The van der Waals surface area contributed by atoms with Crippen LogP contribution in [-0.2, 0) is 12.8 Å². The molecule has 1 aliphatic rings. The molecule has 1 aliphatic carbocycles. The van der Waals surface area contributed by atoms with Crippen LogP contribution >= 0.6 is 11.3 Å². The first-order chi connectivity index (χ1) is 13.2. The highest BCUT2D eigenvalue weighted by molar-refractivity contribution is 7.18. The molecule has 0 radical (unpaired) electrons. The van der Waals surface area contributed by atoms with Crippen LogP contribution in [0, 0.1) is 11.3 Å². The van der Waals surface area contributed by atoms with Crippen molar-refractivity contribution in [1.82, 2.24) is 9.97 Å². The molecule has 0 aliphatic heterocycles. The lowest BCUT2D eigenvalue weighted by molar-refractivity contribution is 0.700. The second-order valence-electron chi connectivity index (χ2n) is 6.77. The predicted molar refractivity (Wildman–Crippen MR) is 111 cm³/mol. The zero-order valence-corrected chi connectivity index (χ0v) is 15.9. The maximum Gasteiger partial charge on any atom is 0.260 e. The first-order valence-electron chi connectivity index (χ1n) is 9.06. The Morgan fingerprint density at radius 3 is 2.81 bits per heavy atom. The number of benzene rings is 1. The average Bonchev–Trinajstić information content (AvgIpc) is 3.05. The molecule has 0 bridgehead atoms. The number of aromatic amines is 1. The molecule has 0 atom stereocenters. The maximum atomic E-state index is 12.7. The fourth-order valence-corrected chi connectivity index (χ4v) is 4.79. The molecule has 27 heavy (non-hydrogen) atoms. The molecule has 0 unspecified atom stereocenters. The topological polar surface area (TPSA) is 69.5 Å². The molecular formula is C22H19N3OS. The Morgan fingerprint density at radius 2 is 2.04 bits per heavy atom. The van der Waals surface area contributed by atoms with Crippen molar-refractivity contribution < 1.29 is 0 Å². The number of thiophene rings is 1. The van der Waals surface area contributed by atoms with E-state index >= 15 is 0 Å². The summed E-state index contributed by atoms with van der Waals surface area (Å²) in [6, 6.07) is 12.1. The average molecular weight is 373 g/mol. The standard InChI is InChI=1S/C22H19N3OS/c1-14(11-15-7-3-2-4-8-15)12-16(13-23)20-24-21(26)19-17-9-5-6-10-18(17)27-22(19)25-20/h2-4,7-8,11-12H,5-6,9-10H2,1H3,(H,24,25,26)/b14-11+,16-12+. The lowest BCUT2D eigenvalue weighted by Gasteiger charge is -2.09. The number of nitrogens with zero attached hydrogens (tertiary/aromatic N) is 2. The fourth-order valence-electron chi connectivity index (χ4n) is 3.53. The number of aryl methyl sites for hydroxylation is 2. The van der Waals surface area contributed by atoms with E-state index in [1.165, 1.54) is 4.88 Å². The van der Waals surface area contributed by atoms with Crippen LogP contribution < -0.4 is 5.56 Å². The number of allylic oxidation sites excluding steroid dienone is 3. The highest BCUT2D eigenvalue weighted by Crippen LogP contribution is 2.33. The largest absolute Gasteiger partial charge is 0.305 e. The van der Waals surface area contributed by atoms with Gasteiger partial charge in [0.2, 0.25) is 0 Å². The Hall–Kier alpha value is -2.97. The summed E-state index contributed by atoms with van der Waals surface area (Å²) in [7, 11) is 0. The molecule has 0 saturated carbocycles. The highest BCUT2D eigenvalue weighted by atomic mass is 32.1. The molecule has 134 valence electrons. The smallest absolute Gasteiger partial charge is 0.260 e. The van der Waals surface area contributed by atoms with Crippen LogP contribution in [0.4, 0.5) is 0 Å². The molecule has 2 aromatic heterocycles. The molecule has 1 aromatic carbocycles. The van der Waals surface area contributed by atoms with Crippen molar-refractivity contribution in [1.29, 1.82) is 5.26 Å². The fraction of sp³-hybridized carbons (Fsp3) is 0.227. The molecule has 5 heteroatoms. The van der Waals surface area contributed by atoms with Gasteiger partial charge in [0, 0.05) is 4.88 Å². The van der Waals surface area contributed by atoms with Crippen molar-refractivity contribution in [2.24, 2.45) is 0 Å². The van der Waals surface area contributed by atoms with Gasteiger partial charge in [0.05, 0.1) is 11.0 Å². The van der Waals surface area contributed by atoms with Crippen LogP contribution in [0.1, 0.15) is 41.6 Å². The molecule has 2 heterocycles. The minimum absolute atomic E-state index is 0.139. The van der Waals surface area contributed by atoms with Gasteiger partial charge in [-0.1, -0.05) is 36.4 Å². The second-order valence-corrected chi connectivity index (χ2v) is 7.86. The van der Waals surface area contributed by atoms with Gasteiger partial charge >= 0.3 is 0 Å². The highest BCUT2D eigenvalue weighted by Gasteiger charge is 2.20. The van der Waals surface area contributed by atoms with Gasteiger partial charge in [-0.2, -0.15) is 5.26 Å². The van der Waals surface area contributed by atoms with Crippen LogP contribution in [0.3, 0.4) is 0 Å². The van der Waals surface area contributed by atoms with Gasteiger partial charge in [-0.25, -0.2) is 4.98 Å². The number of hydrogen-bond acceptors (Lipinski definition) is 4. The molecule has 0 fully saturated rings. The predicted octanol–water partition coefficient (Wildman–Crippen LogP) is 4.87. The zero-order valence-electron chi connectivity index (χ0n) is 15.1. The Morgan fingerprint density at radius 1 is 1.26 bits per heavy atom. The third kappa shape index (κ3) is 3.49. The summed E-state index contributed by atoms with van der Waals surface area (Å²) in [4.78, 5) is 22.2. The molecule has 0 amide bonds. The van der Waals surface area contributed by atoms with E-state index in [1.807, 2.05) is 43.3 Å². The van der Waals surface area contributed by atoms with Crippen molar-refractivity contribution in [2.45, 2.75) is 32.6 Å². The number of fused-ring (bicyclic) bond motifs is 3. The van der Waals surface area contributed by atoms with Crippen LogP contribution in [0.25, 0.3) is 21.9 Å². The number of H-pyrrole nitrogens is 1. The summed E-state index contributed by atoms with van der Waals surface area (Å²) in [5.41, 5.74) is 3.37. The summed E-state index contributed by atoms with van der Waals surface area (Å²) in [6.07, 6.45) is 8.01. The van der Waals surface area contributed by atoms with Crippen LogP contribution in [0.15, 0.2) is 46.8 Å². The van der Waals surface area contributed by atoms with E-state index < -0.39 is 0 Å². The van der Waals surface area contributed by atoms with Gasteiger partial charge in [-0.15, -0.1) is 11.3 Å². The van der Waals surface area contributed by atoms with Gasteiger partial charge in [0.1, 0.15) is 10.9 Å². The van der Waals surface area contributed by atoms with E-state index in [4.69, 9.17) is 0 Å². The van der Waals surface area contributed by atoms with Crippen molar-refractivity contribution >= 4 is 33.2 Å². The van der Waals surface area contributed by atoms with E-state index in [1.54, 1.807) is 17.4 Å². The first-order valence-corrected chi connectivity index (χ1v) is 9.87. The molecule has 0 spiro atoms. The SMILES string of the molecule is CC(=C\c1ccccc1)/C=C(\C#N)c1nc2sc3c(c2c(=O)[nH]1)CCCC3. The number of aromatic nitrogens is 2. The van der Waals surface area contributed by atoms with Crippen LogP contribution in [0.5, 0.6) is 0 Å². The van der Waals surface area contributed by atoms with E-state index in [9.17, 15) is 10.1 Å². The normalized spacial score (nSPS) is 14.8. The van der Waals surface area contributed by atoms with Crippen LogP contribution in [-0.4, -0.2) is 9.97 Å². The molecule has 4 rings (SSSR count). The lowest BCUT2D eigenvalue weighted by Crippen LogP contribution is -2.12. The third-order valence-electron chi connectivity index (χ3n) is 4.77. The second kappa shape index (κ2) is 7.34. The summed E-state index contributed by atoms with van der Waals surface area (Å²) >= 11 is 1.60. The number of hydrogen-bond donors (Lipinski definition) is 1. The summed E-state index contributed by atoms with van der Waals surface area (Å²) in [5.74, 6) is 0.342. The van der Waals surface area contributed by atoms with Crippen molar-refractivity contribution in [2.75, 3.05) is 0 Å². The van der Waals surface area contributed by atoms with E-state index in [0.29, 0.717) is 16.8 Å². The number of nitrogens with one attached hydrogen (secondary N) is 1. The summed E-state index contributed by atoms with van der Waals surface area (Å²) in [6.45, 7) is 1.94. The molecule has 0 saturated heterocycles.